The van der Waals surface area contributed by atoms with Gasteiger partial charge in [-0.2, -0.15) is 13.2 Å². The van der Waals surface area contributed by atoms with Crippen molar-refractivity contribution >= 4 is 17.5 Å². The number of fused-ring (bicyclic) bond motifs is 1. The van der Waals surface area contributed by atoms with Crippen LogP contribution in [0.1, 0.15) is 76.1 Å². The van der Waals surface area contributed by atoms with Gasteiger partial charge in [0, 0.05) is 44.3 Å². The second-order valence-corrected chi connectivity index (χ2v) is 11.8. The summed E-state index contributed by atoms with van der Waals surface area (Å²) in [6, 6.07) is 4.02. The number of anilines is 1. The van der Waals surface area contributed by atoms with Gasteiger partial charge in [0.15, 0.2) is 0 Å². The van der Waals surface area contributed by atoms with E-state index < -0.39 is 36.9 Å². The van der Waals surface area contributed by atoms with Crippen LogP contribution in [0.15, 0.2) is 18.2 Å². The molecule has 11 heteroatoms. The van der Waals surface area contributed by atoms with Crippen LogP contribution in [0.5, 0.6) is 5.75 Å². The van der Waals surface area contributed by atoms with Crippen LogP contribution in [0, 0.1) is 11.8 Å². The number of rotatable bonds is 9. The average molecular weight is 586 g/mol. The Morgan fingerprint density at radius 2 is 1.93 bits per heavy atom. The molecule has 1 aromatic rings. The summed E-state index contributed by atoms with van der Waals surface area (Å²) >= 11 is 0. The number of carbonyl (C=O) groups excluding carboxylic acids is 2. The van der Waals surface area contributed by atoms with E-state index in [1.54, 1.807) is 17.9 Å². The summed E-state index contributed by atoms with van der Waals surface area (Å²) in [6.45, 7) is 8.14. The lowest BCUT2D eigenvalue weighted by molar-refractivity contribution is -0.142. The van der Waals surface area contributed by atoms with Crippen molar-refractivity contribution in [2.75, 3.05) is 45.2 Å². The molecule has 0 aromatic heterocycles. The summed E-state index contributed by atoms with van der Waals surface area (Å²) in [5.74, 6) is -0.176. The zero-order valence-corrected chi connectivity index (χ0v) is 24.7. The number of hydrogen-bond acceptors (Lipinski definition) is 6. The highest BCUT2D eigenvalue weighted by molar-refractivity contribution is 5.99. The lowest BCUT2D eigenvalue weighted by atomic mass is 10.0. The van der Waals surface area contributed by atoms with Crippen LogP contribution in [-0.4, -0.2) is 91.0 Å². The molecule has 0 spiro atoms. The first-order valence-electron chi connectivity index (χ1n) is 14.8. The van der Waals surface area contributed by atoms with E-state index in [2.05, 4.69) is 17.3 Å². The number of likely N-dealkylation sites (N-methyl/N-ethyl adjacent to an activating group) is 1. The first-order chi connectivity index (χ1) is 19.4. The van der Waals surface area contributed by atoms with Gasteiger partial charge < -0.3 is 29.7 Å². The Balaban J connectivity index is 1.88. The largest absolute Gasteiger partial charge is 0.490 e. The molecule has 1 aliphatic heterocycles. The molecule has 0 bridgehead atoms. The molecule has 8 nitrogen and oxygen atoms in total. The number of amides is 2. The van der Waals surface area contributed by atoms with Crippen LogP contribution >= 0.6 is 0 Å². The number of ether oxygens (including phenoxy) is 2. The van der Waals surface area contributed by atoms with Crippen molar-refractivity contribution in [2.45, 2.75) is 90.1 Å². The highest BCUT2D eigenvalue weighted by Crippen LogP contribution is 2.31. The molecule has 2 aliphatic rings. The average Bonchev–Trinajstić information content (AvgIpc) is 3.72. The number of aliphatic hydroxyl groups is 1. The summed E-state index contributed by atoms with van der Waals surface area (Å²) in [6.07, 6.45) is -1.72. The van der Waals surface area contributed by atoms with Crippen molar-refractivity contribution in [3.63, 3.8) is 0 Å². The summed E-state index contributed by atoms with van der Waals surface area (Å²) in [7, 11) is 2.10. The van der Waals surface area contributed by atoms with Crippen molar-refractivity contribution in [2.24, 2.45) is 11.8 Å². The van der Waals surface area contributed by atoms with E-state index in [4.69, 9.17) is 9.47 Å². The molecule has 232 valence electrons. The quantitative estimate of drug-likeness (QED) is 0.419. The van der Waals surface area contributed by atoms with Crippen LogP contribution in [0.3, 0.4) is 0 Å². The minimum Gasteiger partial charge on any atom is -0.490 e. The van der Waals surface area contributed by atoms with Crippen LogP contribution in [-0.2, 0) is 9.53 Å². The molecule has 1 aromatic carbocycles. The van der Waals surface area contributed by atoms with Crippen molar-refractivity contribution in [1.82, 2.24) is 9.80 Å². The van der Waals surface area contributed by atoms with Gasteiger partial charge in [0.1, 0.15) is 5.75 Å². The van der Waals surface area contributed by atoms with Gasteiger partial charge in [-0.15, -0.1) is 0 Å². The maximum Gasteiger partial charge on any atom is 0.389 e. The molecule has 1 aliphatic carbocycles. The van der Waals surface area contributed by atoms with E-state index in [-0.39, 0.29) is 36.0 Å². The Morgan fingerprint density at radius 1 is 1.20 bits per heavy atom. The molecule has 0 unspecified atom stereocenters. The van der Waals surface area contributed by atoms with Crippen molar-refractivity contribution in [3.8, 4) is 5.75 Å². The zero-order chi connectivity index (χ0) is 30.2. The molecule has 0 saturated heterocycles. The predicted octanol–water partition coefficient (Wildman–Crippen LogP) is 5.10. The van der Waals surface area contributed by atoms with E-state index >= 15 is 0 Å². The summed E-state index contributed by atoms with van der Waals surface area (Å²) in [5.41, 5.74) is 0.382. The molecular weight excluding hydrogens is 539 g/mol. The molecule has 1 saturated carbocycles. The van der Waals surface area contributed by atoms with Gasteiger partial charge in [0.05, 0.1) is 36.8 Å². The molecule has 2 N–H and O–H groups in total. The Kier molecular flexibility index (Phi) is 12.3. The zero-order valence-electron chi connectivity index (χ0n) is 24.7. The number of alkyl halides is 3. The Bertz CT molecular complexity index is 1000. The standard InChI is InChI=1S/C30H46F3N3O5/c1-20-16-36(21(2)19-37)29(39)25-15-24(34-28(38)12-13-30(31,32)33)10-11-26(25)41-22(3)7-5-6-14-40-27(20)18-35(4)17-23-8-9-23/h10-11,15,20-23,27,37H,5-9,12-14,16-19H2,1-4H3,(H,34,38)/t20-,21+,22-,27-/m0/s1. The topological polar surface area (TPSA) is 91.3 Å². The number of halogens is 3. The number of benzene rings is 1. The van der Waals surface area contributed by atoms with Gasteiger partial charge in [0.2, 0.25) is 5.91 Å². The van der Waals surface area contributed by atoms with Crippen molar-refractivity contribution in [1.29, 1.82) is 0 Å². The van der Waals surface area contributed by atoms with Crippen LogP contribution in [0.2, 0.25) is 0 Å². The molecule has 1 fully saturated rings. The number of aliphatic hydroxyl groups excluding tert-OH is 1. The Hall–Kier alpha value is -2.37. The van der Waals surface area contributed by atoms with Crippen LogP contribution in [0.25, 0.3) is 0 Å². The molecule has 0 radical (unpaired) electrons. The maximum atomic E-state index is 14.1. The van der Waals surface area contributed by atoms with E-state index in [1.807, 2.05) is 13.8 Å². The van der Waals surface area contributed by atoms with Crippen LogP contribution in [0.4, 0.5) is 18.9 Å². The molecule has 41 heavy (non-hydrogen) atoms. The number of carbonyl (C=O) groups is 2. The predicted molar refractivity (Wildman–Crippen MR) is 151 cm³/mol. The molecule has 4 atom stereocenters. The molecule has 1 heterocycles. The third-order valence-electron chi connectivity index (χ3n) is 7.73. The fourth-order valence-corrected chi connectivity index (χ4v) is 5.06. The van der Waals surface area contributed by atoms with E-state index in [9.17, 15) is 27.9 Å². The maximum absolute atomic E-state index is 14.1. The summed E-state index contributed by atoms with van der Waals surface area (Å²) < 4.78 is 50.3. The van der Waals surface area contributed by atoms with Gasteiger partial charge in [-0.25, -0.2) is 0 Å². The van der Waals surface area contributed by atoms with E-state index in [0.29, 0.717) is 18.9 Å². The normalized spacial score (nSPS) is 23.9. The van der Waals surface area contributed by atoms with Gasteiger partial charge >= 0.3 is 6.18 Å². The number of nitrogens with one attached hydrogen (secondary N) is 1. The molecule has 3 rings (SSSR count). The summed E-state index contributed by atoms with van der Waals surface area (Å²) in [4.78, 5) is 30.2. The minimum atomic E-state index is -4.44. The molecular formula is C30H46F3N3O5. The Morgan fingerprint density at radius 3 is 2.59 bits per heavy atom. The fourth-order valence-electron chi connectivity index (χ4n) is 5.06. The van der Waals surface area contributed by atoms with Crippen molar-refractivity contribution < 1.29 is 37.3 Å². The van der Waals surface area contributed by atoms with Gasteiger partial charge in [-0.3, -0.25) is 9.59 Å². The third kappa shape index (κ3) is 11.1. The fraction of sp³-hybridized carbons (Fsp3) is 0.733. The second-order valence-electron chi connectivity index (χ2n) is 11.8. The van der Waals surface area contributed by atoms with Gasteiger partial charge in [0.25, 0.3) is 5.91 Å². The van der Waals surface area contributed by atoms with E-state index in [1.165, 1.54) is 25.0 Å². The lowest BCUT2D eigenvalue weighted by Gasteiger charge is -2.36. The highest BCUT2D eigenvalue weighted by atomic mass is 19.4. The first-order valence-corrected chi connectivity index (χ1v) is 14.8. The second kappa shape index (κ2) is 15.2. The third-order valence-corrected chi connectivity index (χ3v) is 7.73. The molecule has 2 amide bonds. The monoisotopic (exact) mass is 585 g/mol. The number of nitrogens with zero attached hydrogens (tertiary/aromatic N) is 2. The first kappa shape index (κ1) is 33.1. The summed E-state index contributed by atoms with van der Waals surface area (Å²) in [5, 5.41) is 12.5. The number of hydrogen-bond donors (Lipinski definition) is 2. The van der Waals surface area contributed by atoms with Crippen molar-refractivity contribution in [3.05, 3.63) is 23.8 Å². The smallest absolute Gasteiger partial charge is 0.389 e. The SMILES string of the molecule is C[C@H](CO)N1C[C@H](C)[C@H](CN(C)CC2CC2)OCCCC[C@H](C)Oc2ccc(NC(=O)CCC(F)(F)F)cc2C1=O. The van der Waals surface area contributed by atoms with Gasteiger partial charge in [-0.1, -0.05) is 6.92 Å². The van der Waals surface area contributed by atoms with E-state index in [0.717, 1.165) is 38.3 Å². The Labute approximate surface area is 241 Å². The highest BCUT2D eigenvalue weighted by Gasteiger charge is 2.32. The minimum absolute atomic E-state index is 0.0499. The van der Waals surface area contributed by atoms with Gasteiger partial charge in [-0.05, 0) is 77.1 Å². The lowest BCUT2D eigenvalue weighted by Crippen LogP contribution is -2.47. The van der Waals surface area contributed by atoms with Crippen LogP contribution < -0.4 is 10.1 Å².